The van der Waals surface area contributed by atoms with Gasteiger partial charge in [-0.15, -0.1) is 11.3 Å². The predicted molar refractivity (Wildman–Crippen MR) is 242 cm³/mol. The fourth-order valence-corrected chi connectivity index (χ4v) is 8.44. The first kappa shape index (κ1) is 46.2. The molecule has 63 heavy (non-hydrogen) atoms. The minimum atomic E-state index is -0.950. The van der Waals surface area contributed by atoms with Gasteiger partial charge in [0.1, 0.15) is 11.9 Å². The number of nitrogens with zero attached hydrogens (tertiary/aromatic N) is 4. The van der Waals surface area contributed by atoms with E-state index in [4.69, 9.17) is 11.5 Å². The molecule has 0 spiro atoms. The number of fused-ring (bicyclic) bond motifs is 1. The van der Waals surface area contributed by atoms with Crippen LogP contribution in [0.3, 0.4) is 0 Å². The second-order valence-corrected chi connectivity index (χ2v) is 17.9. The average molecular weight is 880 g/mol. The van der Waals surface area contributed by atoms with Gasteiger partial charge in [-0.2, -0.15) is 0 Å². The number of ketones is 1. The molecule has 3 atom stereocenters. The first-order chi connectivity index (χ1) is 29.9. The fourth-order valence-electron chi connectivity index (χ4n) is 7.63. The third-order valence-electron chi connectivity index (χ3n) is 11.2. The first-order valence-electron chi connectivity index (χ1n) is 20.9. The van der Waals surface area contributed by atoms with Crippen LogP contribution in [0.4, 0.5) is 21.6 Å². The lowest BCUT2D eigenvalue weighted by molar-refractivity contribution is -0.140. The van der Waals surface area contributed by atoms with Gasteiger partial charge >= 0.3 is 0 Å². The maximum absolute atomic E-state index is 15.3. The summed E-state index contributed by atoms with van der Waals surface area (Å²) in [7, 11) is 0. The first-order valence-corrected chi connectivity index (χ1v) is 21.8. The summed E-state index contributed by atoms with van der Waals surface area (Å²) in [6, 6.07) is 8.53. The van der Waals surface area contributed by atoms with Crippen LogP contribution in [0.5, 0.6) is 0 Å². The molecule has 0 saturated carbocycles. The number of nitrogens with two attached hydrogens (primary N) is 2. The molecule has 1 saturated heterocycles. The number of rotatable bonds is 16. The molecule has 4 amide bonds. The van der Waals surface area contributed by atoms with Crippen molar-refractivity contribution in [1.29, 1.82) is 0 Å². The summed E-state index contributed by atoms with van der Waals surface area (Å²) in [5.41, 5.74) is 17.1. The summed E-state index contributed by atoms with van der Waals surface area (Å²) in [5.74, 6) is -2.03. The molecule has 6 rings (SSSR count). The summed E-state index contributed by atoms with van der Waals surface area (Å²) >= 11 is 1.51. The van der Waals surface area contributed by atoms with E-state index < -0.39 is 35.3 Å². The summed E-state index contributed by atoms with van der Waals surface area (Å²) in [6.45, 7) is 9.47. The number of aliphatic hydroxyl groups is 1. The molecule has 15 nitrogen and oxygen atoms in total. The van der Waals surface area contributed by atoms with Gasteiger partial charge in [-0.05, 0) is 67.2 Å². The summed E-state index contributed by atoms with van der Waals surface area (Å²) in [4.78, 5) is 81.1. The smallest absolute Gasteiger partial charge is 0.246 e. The number of aromatic nitrogens is 3. The second kappa shape index (κ2) is 19.8. The van der Waals surface area contributed by atoms with E-state index in [0.717, 1.165) is 16.1 Å². The van der Waals surface area contributed by atoms with Gasteiger partial charge in [0.15, 0.2) is 11.6 Å². The van der Waals surface area contributed by atoms with Crippen molar-refractivity contribution in [1.82, 2.24) is 30.5 Å². The van der Waals surface area contributed by atoms with Gasteiger partial charge in [-0.25, -0.2) is 14.4 Å². The Morgan fingerprint density at radius 3 is 2.33 bits per heavy atom. The van der Waals surface area contributed by atoms with Crippen LogP contribution in [0.25, 0.3) is 32.3 Å². The van der Waals surface area contributed by atoms with Crippen molar-refractivity contribution in [3.8, 4) is 21.6 Å². The molecule has 5 aromatic rings. The number of nitrogens with one attached hydrogen (secondary N) is 3. The van der Waals surface area contributed by atoms with E-state index >= 15 is 4.39 Å². The van der Waals surface area contributed by atoms with E-state index in [1.807, 2.05) is 39.8 Å². The second-order valence-electron chi connectivity index (χ2n) is 17.0. The highest BCUT2D eigenvalue weighted by Gasteiger charge is 2.44. The van der Waals surface area contributed by atoms with Crippen LogP contribution in [0.1, 0.15) is 87.3 Å². The number of aryl methyl sites for hydroxylation is 1. The molecule has 332 valence electrons. The molecule has 17 heteroatoms. The number of anilines is 3. The number of thiazole rings is 1. The number of hydrogen-bond donors (Lipinski definition) is 6. The van der Waals surface area contributed by atoms with Crippen molar-refractivity contribution >= 4 is 68.7 Å². The van der Waals surface area contributed by atoms with Crippen LogP contribution in [-0.2, 0) is 19.2 Å². The Morgan fingerprint density at radius 1 is 0.921 bits per heavy atom. The van der Waals surface area contributed by atoms with Crippen LogP contribution in [0.2, 0.25) is 0 Å². The zero-order valence-electron chi connectivity index (χ0n) is 36.1. The van der Waals surface area contributed by atoms with E-state index in [1.54, 1.807) is 36.7 Å². The van der Waals surface area contributed by atoms with E-state index in [-0.39, 0.29) is 79.2 Å². The molecule has 2 aromatic carbocycles. The number of likely N-dealkylation sites (tertiary alicyclic amines) is 1. The molecule has 8 N–H and O–H groups in total. The number of nitrogen functional groups attached to an aromatic ring is 2. The topological polar surface area (TPSA) is 236 Å². The van der Waals surface area contributed by atoms with Crippen molar-refractivity contribution in [2.24, 2.45) is 5.41 Å². The highest BCUT2D eigenvalue weighted by Crippen LogP contribution is 2.36. The lowest BCUT2D eigenvalue weighted by atomic mass is 9.85. The van der Waals surface area contributed by atoms with Crippen molar-refractivity contribution in [3.63, 3.8) is 0 Å². The molecule has 0 aliphatic carbocycles. The van der Waals surface area contributed by atoms with Gasteiger partial charge in [0.25, 0.3) is 0 Å². The Balaban J connectivity index is 0.928. The lowest BCUT2D eigenvalue weighted by Crippen LogP contribution is -2.56. The van der Waals surface area contributed by atoms with Gasteiger partial charge in [-0.3, -0.25) is 29.0 Å². The van der Waals surface area contributed by atoms with Crippen LogP contribution in [0.15, 0.2) is 60.5 Å². The highest BCUT2D eigenvalue weighted by atomic mass is 32.1. The number of amides is 4. The molecule has 1 aliphatic heterocycles. The largest absolute Gasteiger partial charge is 0.397 e. The Bertz CT molecular complexity index is 2520. The number of β-amino-alcohol motifs (C(OH)–C–C–N with tert-alkyl or cyclic N) is 1. The number of unbranched alkanes of at least 4 members (excludes halogenated alkanes) is 1. The van der Waals surface area contributed by atoms with Gasteiger partial charge in [-0.1, -0.05) is 45.0 Å². The van der Waals surface area contributed by atoms with Crippen molar-refractivity contribution in [3.05, 3.63) is 83.1 Å². The van der Waals surface area contributed by atoms with Gasteiger partial charge in [0, 0.05) is 73.2 Å². The maximum Gasteiger partial charge on any atom is 0.246 e. The Hall–Kier alpha value is -6.33. The predicted octanol–water partition coefficient (Wildman–Crippen LogP) is 6.11. The number of pyridine rings is 2. The lowest BCUT2D eigenvalue weighted by Gasteiger charge is -2.35. The standard InChI is InChI=1S/C46H54FN9O6S/c1-25-32(20-50-22-34(25)48)31-17-29-18-36(52-21-33(29)41(49)40(31)47)54-38(59)11-8-10-37(58)51-16-7-6-9-39(60)55-44(46(3,4)5)45(62)56-23-30(57)19-35(56)42(61)27-12-14-28(15-13-27)43-26(2)53-24-63-43/h12-15,17-18,20-22,24,30,35,44,57H,6-11,16,19,23,48-49H2,1-5H3,(H,51,58)(H,55,60)(H,52,54,59)/t30-,35+,44-/m1/s1. The highest BCUT2D eigenvalue weighted by molar-refractivity contribution is 7.13. The summed E-state index contributed by atoms with van der Waals surface area (Å²) in [6.07, 6.45) is 5.09. The molecule has 0 bridgehead atoms. The number of carbonyl (C=O) groups excluding carboxylic acids is 5. The molecular weight excluding hydrogens is 826 g/mol. The molecule has 3 aromatic heterocycles. The number of aliphatic hydroxyl groups excluding tert-OH is 1. The third-order valence-corrected chi connectivity index (χ3v) is 12.2. The maximum atomic E-state index is 15.3. The monoisotopic (exact) mass is 879 g/mol. The Labute approximate surface area is 369 Å². The fraction of sp³-hybridized carbons (Fsp3) is 0.391. The SMILES string of the molecule is Cc1ncsc1-c1ccc(C(=O)[C@@H]2C[C@@H](O)CN2C(=O)[C@@H](NC(=O)CCCCNC(=O)CCCC(=O)Nc2cc3cc(-c4cncc(N)c4C)c(F)c(N)c3cn2)C(C)(C)C)cc1. The van der Waals surface area contributed by atoms with Crippen LogP contribution in [-0.4, -0.2) is 85.6 Å². The van der Waals surface area contributed by atoms with E-state index in [2.05, 4.69) is 30.9 Å². The number of carbonyl (C=O) groups is 5. The van der Waals surface area contributed by atoms with Crippen molar-refractivity contribution in [2.45, 2.75) is 97.8 Å². The van der Waals surface area contributed by atoms with Crippen LogP contribution >= 0.6 is 11.3 Å². The van der Waals surface area contributed by atoms with E-state index in [0.29, 0.717) is 52.5 Å². The van der Waals surface area contributed by atoms with Gasteiger partial charge in [0.2, 0.25) is 23.6 Å². The number of hydrogen-bond acceptors (Lipinski definition) is 12. The van der Waals surface area contributed by atoms with Crippen LogP contribution < -0.4 is 27.4 Å². The molecule has 4 heterocycles. The summed E-state index contributed by atoms with van der Waals surface area (Å²) < 4.78 is 15.3. The molecular formula is C46H54FN9O6S. The van der Waals surface area contributed by atoms with Crippen molar-refractivity contribution in [2.75, 3.05) is 29.9 Å². The minimum absolute atomic E-state index is 0.0215. The quantitative estimate of drug-likeness (QED) is 0.0376. The third kappa shape index (κ3) is 11.0. The van der Waals surface area contributed by atoms with Gasteiger partial charge in [0.05, 0.1) is 45.8 Å². The van der Waals surface area contributed by atoms with Crippen molar-refractivity contribution < 1.29 is 33.5 Å². The summed E-state index contributed by atoms with van der Waals surface area (Å²) in [5, 5.41) is 19.9. The van der Waals surface area contributed by atoms with Gasteiger partial charge < -0.3 is 37.4 Å². The average Bonchev–Trinajstić information content (AvgIpc) is 3.86. The van der Waals surface area contributed by atoms with Crippen LogP contribution in [0, 0.1) is 25.1 Å². The zero-order chi connectivity index (χ0) is 45.6. The number of halogens is 1. The molecule has 0 radical (unpaired) electrons. The number of Topliss-reactive ketones (excluding diaryl/α,β-unsaturated/α-hetero) is 1. The molecule has 0 unspecified atom stereocenters. The van der Waals surface area contributed by atoms with E-state index in [1.165, 1.54) is 34.8 Å². The van der Waals surface area contributed by atoms with E-state index in [9.17, 15) is 29.1 Å². The minimum Gasteiger partial charge on any atom is -0.397 e. The molecule has 1 fully saturated rings. The molecule has 1 aliphatic rings. The normalized spacial score (nSPS) is 15.6. The number of benzene rings is 2. The Morgan fingerprint density at radius 2 is 1.63 bits per heavy atom. The zero-order valence-corrected chi connectivity index (χ0v) is 36.9. The Kier molecular flexibility index (Phi) is 14.5.